The smallest absolute Gasteiger partial charge is 0.122 e. The first-order valence-corrected chi connectivity index (χ1v) is 4.47. The van der Waals surface area contributed by atoms with Crippen LogP contribution in [0, 0.1) is 0 Å². The maximum atomic E-state index is 12.8. The summed E-state index contributed by atoms with van der Waals surface area (Å²) >= 11 is 3.11. The van der Waals surface area contributed by atoms with Gasteiger partial charge in [-0.25, -0.2) is 4.39 Å². The van der Waals surface area contributed by atoms with Gasteiger partial charge in [0.1, 0.15) is 5.83 Å². The minimum Gasteiger partial charge on any atom is -0.394 e. The van der Waals surface area contributed by atoms with Crippen molar-refractivity contribution in [3.8, 4) is 0 Å². The van der Waals surface area contributed by atoms with Gasteiger partial charge in [0.2, 0.25) is 0 Å². The number of ether oxygens (including phenoxy) is 1. The SMILES string of the molecule is C=C/C(Br)=C(/COCCO)C(=C)F. The fraction of sp³-hybridized carbons (Fsp3) is 0.333. The molecule has 0 aliphatic heterocycles. The van der Waals surface area contributed by atoms with Gasteiger partial charge in [0.15, 0.2) is 0 Å². The summed E-state index contributed by atoms with van der Waals surface area (Å²) in [7, 11) is 0. The van der Waals surface area contributed by atoms with Gasteiger partial charge in [0.05, 0.1) is 19.8 Å². The second-order valence-electron chi connectivity index (χ2n) is 2.21. The first-order valence-electron chi connectivity index (χ1n) is 3.68. The number of allylic oxidation sites excluding steroid dienone is 2. The van der Waals surface area contributed by atoms with Crippen molar-refractivity contribution in [2.45, 2.75) is 0 Å². The van der Waals surface area contributed by atoms with Gasteiger partial charge in [-0.15, -0.1) is 0 Å². The molecule has 74 valence electrons. The monoisotopic (exact) mass is 250 g/mol. The van der Waals surface area contributed by atoms with E-state index in [4.69, 9.17) is 9.84 Å². The minimum absolute atomic E-state index is 0.0719. The molecule has 2 nitrogen and oxygen atoms in total. The summed E-state index contributed by atoms with van der Waals surface area (Å²) in [5, 5.41) is 8.42. The quantitative estimate of drug-likeness (QED) is 0.579. The molecule has 0 aliphatic rings. The zero-order valence-corrected chi connectivity index (χ0v) is 8.81. The zero-order chi connectivity index (χ0) is 10.3. The molecule has 0 atom stereocenters. The molecule has 0 aromatic carbocycles. The Bertz CT molecular complexity index is 224. The van der Waals surface area contributed by atoms with E-state index in [2.05, 4.69) is 29.1 Å². The number of rotatable bonds is 6. The molecule has 1 N–H and O–H groups in total. The Labute approximate surface area is 85.5 Å². The molecule has 0 spiro atoms. The lowest BCUT2D eigenvalue weighted by Crippen LogP contribution is -2.04. The van der Waals surface area contributed by atoms with E-state index in [1.165, 1.54) is 6.08 Å². The number of aliphatic hydroxyl groups is 1. The third-order valence-corrected chi connectivity index (χ3v) is 2.08. The fourth-order valence-electron chi connectivity index (χ4n) is 0.639. The summed E-state index contributed by atoms with van der Waals surface area (Å²) in [5.41, 5.74) is 0.309. The normalized spacial score (nSPS) is 12.2. The molecule has 0 saturated carbocycles. The van der Waals surface area contributed by atoms with E-state index < -0.39 is 5.83 Å². The Morgan fingerprint density at radius 1 is 1.62 bits per heavy atom. The molecule has 0 unspecified atom stereocenters. The molecule has 0 aromatic heterocycles. The lowest BCUT2D eigenvalue weighted by atomic mass is 10.2. The van der Waals surface area contributed by atoms with Gasteiger partial charge in [-0.1, -0.05) is 35.2 Å². The second-order valence-corrected chi connectivity index (χ2v) is 3.07. The minimum atomic E-state index is -0.565. The van der Waals surface area contributed by atoms with Crippen LogP contribution in [-0.4, -0.2) is 24.9 Å². The average Bonchev–Trinajstić information content (AvgIpc) is 2.11. The highest BCUT2D eigenvalue weighted by Crippen LogP contribution is 2.20. The van der Waals surface area contributed by atoms with E-state index >= 15 is 0 Å². The van der Waals surface area contributed by atoms with Crippen molar-refractivity contribution in [2.24, 2.45) is 0 Å². The maximum absolute atomic E-state index is 12.8. The van der Waals surface area contributed by atoms with Crippen LogP contribution in [0.1, 0.15) is 0 Å². The Kier molecular flexibility index (Phi) is 6.76. The van der Waals surface area contributed by atoms with Crippen LogP contribution in [0.5, 0.6) is 0 Å². The van der Waals surface area contributed by atoms with Crippen LogP contribution in [-0.2, 0) is 4.74 Å². The van der Waals surface area contributed by atoms with Gasteiger partial charge in [0.25, 0.3) is 0 Å². The van der Waals surface area contributed by atoms with Crippen molar-refractivity contribution in [1.82, 2.24) is 0 Å². The van der Waals surface area contributed by atoms with E-state index in [0.717, 1.165) is 0 Å². The highest BCUT2D eigenvalue weighted by atomic mass is 79.9. The van der Waals surface area contributed by atoms with Gasteiger partial charge in [-0.2, -0.15) is 0 Å². The van der Waals surface area contributed by atoms with Crippen LogP contribution >= 0.6 is 15.9 Å². The highest BCUT2D eigenvalue weighted by molar-refractivity contribution is 9.11. The summed E-state index contributed by atoms with van der Waals surface area (Å²) in [6.45, 7) is 6.79. The largest absolute Gasteiger partial charge is 0.394 e. The number of halogens is 2. The molecule has 0 amide bonds. The first kappa shape index (κ1) is 12.6. The molecular formula is C9H12BrFO2. The van der Waals surface area contributed by atoms with Gasteiger partial charge >= 0.3 is 0 Å². The molecular weight excluding hydrogens is 239 g/mol. The first-order chi connectivity index (χ1) is 6.13. The second kappa shape index (κ2) is 7.00. The van der Waals surface area contributed by atoms with Gasteiger partial charge in [-0.05, 0) is 0 Å². The number of aliphatic hydroxyl groups excluding tert-OH is 1. The molecule has 0 fully saturated rings. The Morgan fingerprint density at radius 2 is 2.23 bits per heavy atom. The third kappa shape index (κ3) is 4.98. The van der Waals surface area contributed by atoms with E-state index in [9.17, 15) is 4.39 Å². The molecule has 4 heteroatoms. The molecule has 0 heterocycles. The predicted molar refractivity (Wildman–Crippen MR) is 54.3 cm³/mol. The summed E-state index contributed by atoms with van der Waals surface area (Å²) in [4.78, 5) is 0. The topological polar surface area (TPSA) is 29.5 Å². The molecule has 0 aromatic rings. The lowest BCUT2D eigenvalue weighted by Gasteiger charge is -2.06. The highest BCUT2D eigenvalue weighted by Gasteiger charge is 2.06. The van der Waals surface area contributed by atoms with Crippen molar-refractivity contribution >= 4 is 15.9 Å². The maximum Gasteiger partial charge on any atom is 0.122 e. The molecule has 13 heavy (non-hydrogen) atoms. The predicted octanol–water partition coefficient (Wildman–Crippen LogP) is 2.31. The fourth-order valence-corrected chi connectivity index (χ4v) is 0.968. The van der Waals surface area contributed by atoms with Crippen LogP contribution < -0.4 is 0 Å². The summed E-state index contributed by atoms with van der Waals surface area (Å²) in [6.07, 6.45) is 1.46. The van der Waals surface area contributed by atoms with Crippen LogP contribution in [0.15, 0.2) is 35.1 Å². The van der Waals surface area contributed by atoms with Gasteiger partial charge < -0.3 is 9.84 Å². The van der Waals surface area contributed by atoms with Gasteiger partial charge in [0, 0.05) is 10.1 Å². The van der Waals surface area contributed by atoms with E-state index in [1.807, 2.05) is 0 Å². The summed E-state index contributed by atoms with van der Waals surface area (Å²) in [5.74, 6) is -0.565. The van der Waals surface area contributed by atoms with Crippen LogP contribution in [0.3, 0.4) is 0 Å². The summed E-state index contributed by atoms with van der Waals surface area (Å²) < 4.78 is 18.2. The van der Waals surface area contributed by atoms with Crippen molar-refractivity contribution in [2.75, 3.05) is 19.8 Å². The Balaban J connectivity index is 4.28. The molecule has 0 aliphatic carbocycles. The van der Waals surface area contributed by atoms with E-state index in [0.29, 0.717) is 10.1 Å². The van der Waals surface area contributed by atoms with Crippen molar-refractivity contribution < 1.29 is 14.2 Å². The number of hydrogen-bond donors (Lipinski definition) is 1. The average molecular weight is 251 g/mol. The molecule has 0 bridgehead atoms. The van der Waals surface area contributed by atoms with Crippen LogP contribution in [0.4, 0.5) is 4.39 Å². The van der Waals surface area contributed by atoms with Gasteiger partial charge in [-0.3, -0.25) is 0 Å². The van der Waals surface area contributed by atoms with E-state index in [1.54, 1.807) is 0 Å². The summed E-state index contributed by atoms with van der Waals surface area (Å²) in [6, 6.07) is 0. The molecule has 0 rings (SSSR count). The van der Waals surface area contributed by atoms with Crippen molar-refractivity contribution in [3.05, 3.63) is 35.1 Å². The zero-order valence-electron chi connectivity index (χ0n) is 7.22. The lowest BCUT2D eigenvalue weighted by molar-refractivity contribution is 0.107. The third-order valence-electron chi connectivity index (χ3n) is 1.28. The van der Waals surface area contributed by atoms with Crippen molar-refractivity contribution in [1.29, 1.82) is 0 Å². The van der Waals surface area contributed by atoms with E-state index in [-0.39, 0.29) is 19.8 Å². The standard InChI is InChI=1S/C9H12BrFO2/c1-3-9(10)8(7(2)11)6-13-5-4-12/h3,12H,1-2,4-6H2/b9-8+. The Hall–Kier alpha value is -0.450. The number of hydrogen-bond acceptors (Lipinski definition) is 2. The van der Waals surface area contributed by atoms with Crippen LogP contribution in [0.2, 0.25) is 0 Å². The Morgan fingerprint density at radius 3 is 2.62 bits per heavy atom. The van der Waals surface area contributed by atoms with Crippen LogP contribution in [0.25, 0.3) is 0 Å². The molecule has 0 radical (unpaired) electrons. The van der Waals surface area contributed by atoms with Crippen molar-refractivity contribution in [3.63, 3.8) is 0 Å². The molecule has 0 saturated heterocycles.